The first-order valence-corrected chi connectivity index (χ1v) is 16.4. The summed E-state index contributed by atoms with van der Waals surface area (Å²) in [5.74, 6) is -2.11. The fourth-order valence-electron chi connectivity index (χ4n) is 6.35. The Labute approximate surface area is 278 Å². The summed E-state index contributed by atoms with van der Waals surface area (Å²) in [5.41, 5.74) is 0.448. The Balaban J connectivity index is 1.34. The largest absolute Gasteiger partial charge is 0.387 e. The molecule has 11 heteroatoms. The van der Waals surface area contributed by atoms with Crippen LogP contribution in [0.25, 0.3) is 0 Å². The molecule has 4 rings (SSSR count). The van der Waals surface area contributed by atoms with Gasteiger partial charge in [-0.15, -0.1) is 0 Å². The molecule has 2 aromatic carbocycles. The van der Waals surface area contributed by atoms with Gasteiger partial charge in [-0.1, -0.05) is 36.4 Å². The zero-order valence-electron chi connectivity index (χ0n) is 28.8. The summed E-state index contributed by atoms with van der Waals surface area (Å²) < 4.78 is 12.2. The lowest BCUT2D eigenvalue weighted by Crippen LogP contribution is -2.70. The number of aliphatic hydroxyl groups is 4. The van der Waals surface area contributed by atoms with Crippen LogP contribution in [0.5, 0.6) is 0 Å². The summed E-state index contributed by atoms with van der Waals surface area (Å²) >= 11 is 0. The maximum Gasteiger partial charge on any atom is 0.245 e. The van der Waals surface area contributed by atoms with Crippen molar-refractivity contribution in [2.45, 2.75) is 108 Å². The lowest BCUT2D eigenvalue weighted by molar-refractivity contribution is -0.348. The summed E-state index contributed by atoms with van der Waals surface area (Å²) in [6.45, 7) is 9.60. The predicted molar refractivity (Wildman–Crippen MR) is 178 cm³/mol. The van der Waals surface area contributed by atoms with Gasteiger partial charge >= 0.3 is 0 Å². The molecule has 11 nitrogen and oxygen atoms in total. The van der Waals surface area contributed by atoms with E-state index < -0.39 is 40.8 Å². The van der Waals surface area contributed by atoms with Crippen LogP contribution in [-0.4, -0.2) is 106 Å². The Morgan fingerprint density at radius 1 is 0.979 bits per heavy atom. The van der Waals surface area contributed by atoms with E-state index in [4.69, 9.17) is 9.47 Å². The average molecular weight is 656 g/mol. The normalized spacial score (nSPS) is 26.0. The number of nitrogens with one attached hydrogen (secondary N) is 2. The van der Waals surface area contributed by atoms with Gasteiger partial charge in [0.1, 0.15) is 23.9 Å². The number of hydrogen-bond donors (Lipinski definition) is 6. The number of fused-ring (bicyclic) bond motifs is 2. The van der Waals surface area contributed by atoms with E-state index in [-0.39, 0.29) is 18.4 Å². The summed E-state index contributed by atoms with van der Waals surface area (Å²) in [5, 5.41) is 49.2. The zero-order valence-corrected chi connectivity index (χ0v) is 28.8. The lowest BCUT2D eigenvalue weighted by Gasteiger charge is -2.50. The topological polar surface area (TPSA) is 161 Å². The third-order valence-corrected chi connectivity index (χ3v) is 9.51. The molecule has 0 saturated carbocycles. The van der Waals surface area contributed by atoms with Crippen molar-refractivity contribution < 1.29 is 39.5 Å². The van der Waals surface area contributed by atoms with Gasteiger partial charge in [-0.05, 0) is 109 Å². The Hall–Kier alpha value is -2.90. The molecule has 47 heavy (non-hydrogen) atoms. The molecule has 0 aliphatic carbocycles. The third kappa shape index (κ3) is 7.88. The third-order valence-electron chi connectivity index (χ3n) is 9.51. The van der Waals surface area contributed by atoms with Gasteiger partial charge in [-0.2, -0.15) is 0 Å². The summed E-state index contributed by atoms with van der Waals surface area (Å²) in [4.78, 5) is 27.2. The number of carbonyl (C=O) groups excluding carboxylic acids is 2. The average Bonchev–Trinajstić information content (AvgIpc) is 3.40. The van der Waals surface area contributed by atoms with Crippen LogP contribution in [0.1, 0.15) is 74.8 Å². The molecule has 2 amide bonds. The van der Waals surface area contributed by atoms with Crippen molar-refractivity contribution in [3.63, 3.8) is 0 Å². The second-order valence-corrected chi connectivity index (χ2v) is 14.5. The van der Waals surface area contributed by atoms with Crippen molar-refractivity contribution >= 4 is 11.8 Å². The molecule has 6 N–H and O–H groups in total. The lowest BCUT2D eigenvalue weighted by atomic mass is 9.75. The molecule has 2 bridgehead atoms. The molecule has 2 heterocycles. The van der Waals surface area contributed by atoms with Crippen molar-refractivity contribution in [2.24, 2.45) is 0 Å². The first kappa shape index (κ1) is 36.9. The molecular weight excluding hydrogens is 602 g/mol. The van der Waals surface area contributed by atoms with Gasteiger partial charge in [0.05, 0.1) is 12.2 Å². The van der Waals surface area contributed by atoms with Crippen LogP contribution >= 0.6 is 0 Å². The smallest absolute Gasteiger partial charge is 0.245 e. The van der Waals surface area contributed by atoms with Gasteiger partial charge in [0.2, 0.25) is 17.6 Å². The minimum atomic E-state index is -1.75. The van der Waals surface area contributed by atoms with Gasteiger partial charge in [-0.3, -0.25) is 9.59 Å². The molecule has 0 spiro atoms. The molecule has 2 saturated heterocycles. The van der Waals surface area contributed by atoms with E-state index in [0.29, 0.717) is 37.8 Å². The highest BCUT2D eigenvalue weighted by Gasteiger charge is 2.71. The van der Waals surface area contributed by atoms with Gasteiger partial charge < -0.3 is 45.4 Å². The number of aliphatic hydroxyl groups excluding tert-OH is 3. The first-order chi connectivity index (χ1) is 21.9. The highest BCUT2D eigenvalue weighted by Crippen LogP contribution is 2.53. The Bertz CT molecular complexity index is 1410. The maximum absolute atomic E-state index is 12.6. The predicted octanol–water partition coefficient (Wildman–Crippen LogP) is 1.68. The summed E-state index contributed by atoms with van der Waals surface area (Å²) in [7, 11) is 3.97. The van der Waals surface area contributed by atoms with Crippen molar-refractivity contribution in [1.29, 1.82) is 0 Å². The standard InChI is InChI=1S/C36H53N3O8/c1-23-12-17-27(36-31(43)29(41)30(42)35(47-36,22-46-36)34(4,5)45)21-26(23)20-25-15-13-24(14-16-25)10-8-11-28(40)38-33(2,3)32(44)37-18-9-19-39(6)7/h12-17,21,29-31,41-43,45H,8-11,18-20,22H2,1-7H3,(H,37,44)(H,38,40)/t29-,30-,31+,35-,36-/m0/s1. The van der Waals surface area contributed by atoms with Crippen molar-refractivity contribution in [2.75, 3.05) is 33.8 Å². The molecule has 0 radical (unpaired) electrons. The minimum absolute atomic E-state index is 0.162. The molecule has 2 aromatic rings. The molecule has 2 aliphatic heterocycles. The molecular formula is C36H53N3O8. The number of benzene rings is 2. The zero-order chi connectivity index (χ0) is 34.8. The van der Waals surface area contributed by atoms with Crippen molar-refractivity contribution in [1.82, 2.24) is 15.5 Å². The fraction of sp³-hybridized carbons (Fsp3) is 0.611. The highest BCUT2D eigenvalue weighted by molar-refractivity contribution is 5.90. The summed E-state index contributed by atoms with van der Waals surface area (Å²) in [6, 6.07) is 13.7. The Kier molecular flexibility index (Phi) is 11.2. The molecule has 0 aromatic heterocycles. The Morgan fingerprint density at radius 2 is 1.64 bits per heavy atom. The van der Waals surface area contributed by atoms with Gasteiger partial charge in [0.25, 0.3) is 0 Å². The molecule has 5 atom stereocenters. The molecule has 260 valence electrons. The first-order valence-electron chi connectivity index (χ1n) is 16.4. The van der Waals surface area contributed by atoms with E-state index in [1.54, 1.807) is 19.9 Å². The number of rotatable bonds is 14. The molecule has 2 fully saturated rings. The number of hydrogen-bond acceptors (Lipinski definition) is 9. The van der Waals surface area contributed by atoms with Gasteiger partial charge in [0.15, 0.2) is 5.60 Å². The van der Waals surface area contributed by atoms with Crippen molar-refractivity contribution in [3.8, 4) is 0 Å². The molecule has 0 unspecified atom stereocenters. The van der Waals surface area contributed by atoms with Crippen LogP contribution < -0.4 is 10.6 Å². The van der Waals surface area contributed by atoms with Crippen LogP contribution in [-0.2, 0) is 37.7 Å². The van der Waals surface area contributed by atoms with Crippen molar-refractivity contribution in [3.05, 3.63) is 70.3 Å². The Morgan fingerprint density at radius 3 is 2.28 bits per heavy atom. The number of carbonyl (C=O) groups is 2. The minimum Gasteiger partial charge on any atom is -0.387 e. The SMILES string of the molecule is Cc1ccc([C@]23OC[C@](C(C)(C)O)(O2)[C@@H](O)[C@H](O)[C@H]3O)cc1Cc1ccc(CCCC(=O)NC(C)(C)C(=O)NCCCN(C)C)cc1. The van der Waals surface area contributed by atoms with Crippen LogP contribution in [0.3, 0.4) is 0 Å². The van der Waals surface area contributed by atoms with E-state index in [9.17, 15) is 30.0 Å². The monoisotopic (exact) mass is 655 g/mol. The van der Waals surface area contributed by atoms with Crippen LogP contribution in [0.15, 0.2) is 42.5 Å². The van der Waals surface area contributed by atoms with Crippen LogP contribution in [0.2, 0.25) is 0 Å². The molecule has 2 aliphatic rings. The maximum atomic E-state index is 12.6. The van der Waals surface area contributed by atoms with Crippen LogP contribution in [0.4, 0.5) is 0 Å². The van der Waals surface area contributed by atoms with E-state index in [2.05, 4.69) is 15.5 Å². The fourth-order valence-corrected chi connectivity index (χ4v) is 6.35. The number of nitrogens with zero attached hydrogens (tertiary/aromatic N) is 1. The van der Waals surface area contributed by atoms with E-state index in [1.165, 1.54) is 13.8 Å². The van der Waals surface area contributed by atoms with E-state index >= 15 is 0 Å². The van der Waals surface area contributed by atoms with Gasteiger partial charge in [0, 0.05) is 18.5 Å². The van der Waals surface area contributed by atoms with E-state index in [0.717, 1.165) is 35.2 Å². The second-order valence-electron chi connectivity index (χ2n) is 14.5. The van der Waals surface area contributed by atoms with E-state index in [1.807, 2.05) is 57.4 Å². The second kappa shape index (κ2) is 14.3. The quantitative estimate of drug-likeness (QED) is 0.167. The van der Waals surface area contributed by atoms with Crippen LogP contribution in [0, 0.1) is 6.92 Å². The number of ether oxygens (including phenoxy) is 2. The highest BCUT2D eigenvalue weighted by atomic mass is 16.8. The van der Waals surface area contributed by atoms with Gasteiger partial charge in [-0.25, -0.2) is 0 Å². The summed E-state index contributed by atoms with van der Waals surface area (Å²) in [6.07, 6.45) is -1.62. The number of aryl methyl sites for hydroxylation is 2. The number of amides is 2.